The first kappa shape index (κ1) is 20.6. The summed E-state index contributed by atoms with van der Waals surface area (Å²) in [4.78, 5) is 32.0. The van der Waals surface area contributed by atoms with Gasteiger partial charge in [-0.05, 0) is 61.8 Å². The van der Waals surface area contributed by atoms with Crippen molar-refractivity contribution in [2.75, 3.05) is 0 Å². The Morgan fingerprint density at radius 2 is 1.84 bits per heavy atom. The molecular formula is C24H29F2N3O2. The molecule has 5 rings (SSSR count). The van der Waals surface area contributed by atoms with Crippen LogP contribution in [0.15, 0.2) is 23.1 Å². The Morgan fingerprint density at radius 3 is 2.52 bits per heavy atom. The van der Waals surface area contributed by atoms with Crippen molar-refractivity contribution >= 4 is 16.8 Å². The highest BCUT2D eigenvalue weighted by molar-refractivity contribution is 6.03. The van der Waals surface area contributed by atoms with Crippen molar-refractivity contribution in [3.63, 3.8) is 0 Å². The summed E-state index contributed by atoms with van der Waals surface area (Å²) in [6, 6.07) is 3.34. The van der Waals surface area contributed by atoms with Crippen molar-refractivity contribution in [3.8, 4) is 0 Å². The Balaban J connectivity index is 1.41. The second kappa shape index (κ2) is 7.38. The number of carbonyl (C=O) groups excluding carboxylic acids is 1. The molecule has 1 amide bonds. The maximum atomic E-state index is 13.5. The predicted octanol–water partition coefficient (Wildman–Crippen LogP) is 4.90. The molecule has 31 heavy (non-hydrogen) atoms. The number of nitrogens with one attached hydrogen (secondary N) is 1. The van der Waals surface area contributed by atoms with Gasteiger partial charge in [0.2, 0.25) is 5.92 Å². The standard InChI is InChI=1S/C24H29F2N3O2/c25-24(26)12-23(13-24)8-5-14(6-9-23)15-3-1-2-4-16(15)18-11-19(30)20-17(29-18)7-10-28-21(20)22(27)31/h7,10-11,14-16H,1-6,8-9,12-13H2,(H2,27,31)(H,29,30). The normalized spacial score (nSPS) is 27.8. The third-order valence-electron chi connectivity index (χ3n) is 8.18. The number of alkyl halides is 2. The van der Waals surface area contributed by atoms with Crippen molar-refractivity contribution in [1.29, 1.82) is 0 Å². The topological polar surface area (TPSA) is 88.8 Å². The molecule has 7 heteroatoms. The molecule has 3 saturated carbocycles. The SMILES string of the molecule is NC(=O)c1nccc2[nH]c(C3CCCCC3C3CCC4(CC3)CC(F)(F)C4)cc(=O)c12. The number of halogens is 2. The molecule has 2 heterocycles. The largest absolute Gasteiger partial charge is 0.364 e. The van der Waals surface area contributed by atoms with Gasteiger partial charge < -0.3 is 10.7 Å². The third-order valence-corrected chi connectivity index (χ3v) is 8.18. The van der Waals surface area contributed by atoms with E-state index in [0.29, 0.717) is 17.4 Å². The van der Waals surface area contributed by atoms with Crippen LogP contribution in [0.1, 0.15) is 86.3 Å². The van der Waals surface area contributed by atoms with Crippen molar-refractivity contribution in [2.45, 2.75) is 76.0 Å². The highest BCUT2D eigenvalue weighted by atomic mass is 19.3. The summed E-state index contributed by atoms with van der Waals surface area (Å²) in [5.74, 6) is -1.95. The number of nitrogens with zero attached hydrogens (tertiary/aromatic N) is 1. The van der Waals surface area contributed by atoms with Crippen LogP contribution in [0.25, 0.3) is 10.9 Å². The number of fused-ring (bicyclic) bond motifs is 1. The van der Waals surface area contributed by atoms with Gasteiger partial charge >= 0.3 is 0 Å². The molecule has 5 nitrogen and oxygen atoms in total. The van der Waals surface area contributed by atoms with Gasteiger partial charge in [-0.25, -0.2) is 8.78 Å². The van der Waals surface area contributed by atoms with E-state index in [-0.39, 0.29) is 40.7 Å². The molecule has 3 aliphatic carbocycles. The molecule has 2 atom stereocenters. The highest BCUT2D eigenvalue weighted by Crippen LogP contribution is 2.61. The van der Waals surface area contributed by atoms with Gasteiger partial charge in [0.15, 0.2) is 5.43 Å². The summed E-state index contributed by atoms with van der Waals surface area (Å²) < 4.78 is 27.0. The summed E-state index contributed by atoms with van der Waals surface area (Å²) in [6.07, 6.45) is 9.86. The van der Waals surface area contributed by atoms with Gasteiger partial charge in [-0.2, -0.15) is 0 Å². The Hall–Kier alpha value is -2.31. The Morgan fingerprint density at radius 1 is 1.13 bits per heavy atom. The van der Waals surface area contributed by atoms with Crippen molar-refractivity contribution < 1.29 is 13.6 Å². The number of amides is 1. The van der Waals surface area contributed by atoms with E-state index in [2.05, 4.69) is 9.97 Å². The number of aromatic amines is 1. The summed E-state index contributed by atoms with van der Waals surface area (Å²) in [7, 11) is 0. The average molecular weight is 430 g/mol. The maximum absolute atomic E-state index is 13.5. The molecule has 0 saturated heterocycles. The number of primary amides is 1. The lowest BCUT2D eigenvalue weighted by Gasteiger charge is -2.52. The Bertz CT molecular complexity index is 1060. The second-order valence-electron chi connectivity index (χ2n) is 10.1. The number of rotatable bonds is 3. The van der Waals surface area contributed by atoms with Crippen LogP contribution in [0.5, 0.6) is 0 Å². The highest BCUT2D eigenvalue weighted by Gasteiger charge is 2.57. The van der Waals surface area contributed by atoms with Crippen LogP contribution >= 0.6 is 0 Å². The number of hydrogen-bond donors (Lipinski definition) is 2. The lowest BCUT2D eigenvalue weighted by Crippen LogP contribution is -2.48. The fraction of sp³-hybridized carbons (Fsp3) is 0.625. The molecule has 0 aromatic carbocycles. The number of aromatic nitrogens is 2. The zero-order chi connectivity index (χ0) is 21.8. The fourth-order valence-corrected chi connectivity index (χ4v) is 6.80. The van der Waals surface area contributed by atoms with Gasteiger partial charge in [0, 0.05) is 36.7 Å². The van der Waals surface area contributed by atoms with Crippen molar-refractivity contribution in [3.05, 3.63) is 39.9 Å². The molecular weight excluding hydrogens is 400 g/mol. The van der Waals surface area contributed by atoms with Crippen LogP contribution in [0, 0.1) is 17.3 Å². The molecule has 0 bridgehead atoms. The molecule has 0 radical (unpaired) electrons. The number of nitrogens with two attached hydrogens (primary N) is 1. The van der Waals surface area contributed by atoms with E-state index in [4.69, 9.17) is 5.73 Å². The van der Waals surface area contributed by atoms with Gasteiger partial charge in [-0.15, -0.1) is 0 Å². The van der Waals surface area contributed by atoms with Gasteiger partial charge in [-0.1, -0.05) is 12.8 Å². The van der Waals surface area contributed by atoms with Gasteiger partial charge in [0.1, 0.15) is 5.69 Å². The minimum Gasteiger partial charge on any atom is -0.364 e. The van der Waals surface area contributed by atoms with E-state index in [0.717, 1.165) is 50.6 Å². The van der Waals surface area contributed by atoms with Crippen LogP contribution in [0.3, 0.4) is 0 Å². The number of H-pyrrole nitrogens is 1. The maximum Gasteiger partial charge on any atom is 0.268 e. The molecule has 2 aromatic rings. The molecule has 0 aliphatic heterocycles. The smallest absolute Gasteiger partial charge is 0.268 e. The van der Waals surface area contributed by atoms with E-state index in [1.165, 1.54) is 12.6 Å². The van der Waals surface area contributed by atoms with Gasteiger partial charge in [0.25, 0.3) is 5.91 Å². The van der Waals surface area contributed by atoms with Crippen LogP contribution in [-0.4, -0.2) is 21.8 Å². The molecule has 1 spiro atoms. The summed E-state index contributed by atoms with van der Waals surface area (Å²) in [5, 5.41) is 0.247. The van der Waals surface area contributed by atoms with E-state index in [1.807, 2.05) is 0 Å². The molecule has 3 fully saturated rings. The van der Waals surface area contributed by atoms with E-state index in [1.54, 1.807) is 12.1 Å². The van der Waals surface area contributed by atoms with E-state index >= 15 is 0 Å². The number of hydrogen-bond acceptors (Lipinski definition) is 3. The summed E-state index contributed by atoms with van der Waals surface area (Å²) >= 11 is 0. The zero-order valence-electron chi connectivity index (χ0n) is 17.6. The van der Waals surface area contributed by atoms with Crippen LogP contribution < -0.4 is 11.2 Å². The van der Waals surface area contributed by atoms with E-state index in [9.17, 15) is 18.4 Å². The summed E-state index contributed by atoms with van der Waals surface area (Å²) in [6.45, 7) is 0. The predicted molar refractivity (Wildman–Crippen MR) is 114 cm³/mol. The third kappa shape index (κ3) is 3.66. The first-order valence-corrected chi connectivity index (χ1v) is 11.5. The Kier molecular flexibility index (Phi) is 4.90. The van der Waals surface area contributed by atoms with E-state index < -0.39 is 11.8 Å². The first-order chi connectivity index (χ1) is 14.8. The second-order valence-corrected chi connectivity index (χ2v) is 10.1. The lowest BCUT2D eigenvalue weighted by molar-refractivity contribution is -0.178. The minimum atomic E-state index is -2.45. The lowest BCUT2D eigenvalue weighted by atomic mass is 9.55. The van der Waals surface area contributed by atoms with Crippen LogP contribution in [0.4, 0.5) is 8.78 Å². The van der Waals surface area contributed by atoms with Crippen molar-refractivity contribution in [1.82, 2.24) is 9.97 Å². The Labute approximate surface area is 179 Å². The average Bonchev–Trinajstić information content (AvgIpc) is 2.72. The first-order valence-electron chi connectivity index (χ1n) is 11.5. The van der Waals surface area contributed by atoms with Crippen LogP contribution in [0.2, 0.25) is 0 Å². The van der Waals surface area contributed by atoms with Crippen molar-refractivity contribution in [2.24, 2.45) is 23.0 Å². The number of pyridine rings is 2. The molecule has 2 aromatic heterocycles. The zero-order valence-corrected chi connectivity index (χ0v) is 17.6. The van der Waals surface area contributed by atoms with Crippen LogP contribution in [-0.2, 0) is 0 Å². The fourth-order valence-electron chi connectivity index (χ4n) is 6.80. The number of carbonyl (C=O) groups is 1. The molecule has 166 valence electrons. The quantitative estimate of drug-likeness (QED) is 0.727. The van der Waals surface area contributed by atoms with Gasteiger partial charge in [0.05, 0.1) is 10.9 Å². The minimum absolute atomic E-state index is 0.000345. The molecule has 3 N–H and O–H groups in total. The monoisotopic (exact) mass is 429 g/mol. The molecule has 2 unspecified atom stereocenters. The summed E-state index contributed by atoms with van der Waals surface area (Å²) in [5.41, 5.74) is 6.56. The molecule has 3 aliphatic rings. The van der Waals surface area contributed by atoms with Gasteiger partial charge in [-0.3, -0.25) is 14.6 Å².